The lowest BCUT2D eigenvalue weighted by Gasteiger charge is -2.33. The van der Waals surface area contributed by atoms with Gasteiger partial charge in [0.25, 0.3) is 0 Å². The smallest absolute Gasteiger partial charge is 0.237 e. The number of hydrogen-bond donors (Lipinski definition) is 1. The van der Waals surface area contributed by atoms with Crippen LogP contribution in [0.2, 0.25) is 0 Å². The summed E-state index contributed by atoms with van der Waals surface area (Å²) < 4.78 is 0. The molecule has 0 bridgehead atoms. The van der Waals surface area contributed by atoms with E-state index in [0.717, 1.165) is 6.42 Å². The molecule has 3 nitrogen and oxygen atoms in total. The van der Waals surface area contributed by atoms with Crippen LogP contribution in [0, 0.1) is 11.3 Å². The highest BCUT2D eigenvalue weighted by Crippen LogP contribution is 2.35. The summed E-state index contributed by atoms with van der Waals surface area (Å²) in [7, 11) is 0. The van der Waals surface area contributed by atoms with Gasteiger partial charge in [-0.05, 0) is 32.1 Å². The molecule has 0 saturated heterocycles. The molecule has 90 valence electrons. The van der Waals surface area contributed by atoms with Crippen LogP contribution in [0.4, 0.5) is 0 Å². The molecule has 1 unspecified atom stereocenters. The number of nitrogens with one attached hydrogen (secondary N) is 1. The second-order valence-electron chi connectivity index (χ2n) is 5.00. The second-order valence-corrected chi connectivity index (χ2v) is 5.00. The van der Waals surface area contributed by atoms with E-state index in [-0.39, 0.29) is 11.7 Å². The van der Waals surface area contributed by atoms with Crippen LogP contribution in [0.1, 0.15) is 47.0 Å². The Hall–Kier alpha value is -1.12. The molecule has 1 heterocycles. The van der Waals surface area contributed by atoms with Crippen molar-refractivity contribution < 1.29 is 9.59 Å². The number of amides is 1. The van der Waals surface area contributed by atoms with Gasteiger partial charge >= 0.3 is 0 Å². The maximum Gasteiger partial charge on any atom is 0.237 e. The summed E-state index contributed by atoms with van der Waals surface area (Å²) in [6.45, 7) is 7.90. The van der Waals surface area contributed by atoms with E-state index in [1.54, 1.807) is 6.92 Å². The van der Waals surface area contributed by atoms with Crippen molar-refractivity contribution in [1.82, 2.24) is 5.32 Å². The van der Waals surface area contributed by atoms with Crippen LogP contribution in [0.25, 0.3) is 0 Å². The van der Waals surface area contributed by atoms with Gasteiger partial charge in [-0.2, -0.15) is 0 Å². The van der Waals surface area contributed by atoms with Crippen LogP contribution in [0.5, 0.6) is 0 Å². The number of carbonyl (C=O) groups excluding carboxylic acids is 2. The minimum atomic E-state index is -0.816. The molecular formula is C13H21NO2. The van der Waals surface area contributed by atoms with Crippen molar-refractivity contribution in [3.63, 3.8) is 0 Å². The minimum Gasteiger partial charge on any atom is -0.331 e. The molecule has 3 heteroatoms. The highest BCUT2D eigenvalue weighted by molar-refractivity contribution is 6.15. The molecule has 1 amide bonds. The van der Waals surface area contributed by atoms with Gasteiger partial charge in [0.05, 0.1) is 0 Å². The standard InChI is InChI=1S/C13H21NO2/c1-5-13(7-6-9(2)3)11(15)10(4)8-14-12(13)16/h8-9H,5-7H2,1-4H3,(H,14,16). The van der Waals surface area contributed by atoms with Crippen molar-refractivity contribution in [3.8, 4) is 0 Å². The van der Waals surface area contributed by atoms with Crippen LogP contribution < -0.4 is 5.32 Å². The molecular weight excluding hydrogens is 202 g/mol. The summed E-state index contributed by atoms with van der Waals surface area (Å²) in [5.41, 5.74) is -0.159. The third-order valence-corrected chi connectivity index (χ3v) is 3.40. The van der Waals surface area contributed by atoms with Crippen LogP contribution in [0.15, 0.2) is 11.8 Å². The van der Waals surface area contributed by atoms with Gasteiger partial charge in [-0.3, -0.25) is 9.59 Å². The zero-order valence-corrected chi connectivity index (χ0v) is 10.6. The normalized spacial score (nSPS) is 25.7. The molecule has 0 saturated carbocycles. The van der Waals surface area contributed by atoms with E-state index in [4.69, 9.17) is 0 Å². The van der Waals surface area contributed by atoms with Crippen molar-refractivity contribution >= 4 is 11.7 Å². The maximum absolute atomic E-state index is 12.2. The fraction of sp³-hybridized carbons (Fsp3) is 0.692. The van der Waals surface area contributed by atoms with Crippen molar-refractivity contribution in [2.45, 2.75) is 47.0 Å². The predicted molar refractivity (Wildman–Crippen MR) is 63.7 cm³/mol. The fourth-order valence-corrected chi connectivity index (χ4v) is 2.12. The Kier molecular flexibility index (Phi) is 3.89. The summed E-state index contributed by atoms with van der Waals surface area (Å²) >= 11 is 0. The summed E-state index contributed by atoms with van der Waals surface area (Å²) in [5.74, 6) is 0.376. The number of allylic oxidation sites excluding steroid dienone is 1. The molecule has 0 fully saturated rings. The Morgan fingerprint density at radius 2 is 2.00 bits per heavy atom. The SMILES string of the molecule is CCC1(CCC(C)C)C(=O)NC=C(C)C1=O. The predicted octanol–water partition coefficient (Wildman–Crippen LogP) is 2.42. The lowest BCUT2D eigenvalue weighted by molar-refractivity contribution is -0.141. The van der Waals surface area contributed by atoms with Crippen molar-refractivity contribution in [2.24, 2.45) is 11.3 Å². The Labute approximate surface area is 97.3 Å². The van der Waals surface area contributed by atoms with Crippen molar-refractivity contribution in [1.29, 1.82) is 0 Å². The Bertz CT molecular complexity index is 331. The number of Topliss-reactive ketones (excluding diaryl/α,β-unsaturated/α-hetero) is 1. The molecule has 16 heavy (non-hydrogen) atoms. The van der Waals surface area contributed by atoms with E-state index in [1.807, 2.05) is 6.92 Å². The van der Waals surface area contributed by atoms with Gasteiger partial charge in [0.1, 0.15) is 5.41 Å². The zero-order valence-electron chi connectivity index (χ0n) is 10.6. The molecule has 0 aliphatic carbocycles. The highest BCUT2D eigenvalue weighted by Gasteiger charge is 2.45. The summed E-state index contributed by atoms with van der Waals surface area (Å²) in [6.07, 6.45) is 3.65. The quantitative estimate of drug-likeness (QED) is 0.744. The molecule has 0 aromatic carbocycles. The van der Waals surface area contributed by atoms with E-state index in [0.29, 0.717) is 24.3 Å². The first-order valence-electron chi connectivity index (χ1n) is 5.96. The molecule has 0 spiro atoms. The Balaban J connectivity index is 2.96. The van der Waals surface area contributed by atoms with Gasteiger partial charge in [0.15, 0.2) is 5.78 Å². The molecule has 0 aromatic rings. The summed E-state index contributed by atoms with van der Waals surface area (Å²) in [6, 6.07) is 0. The van der Waals surface area contributed by atoms with E-state index < -0.39 is 5.41 Å². The summed E-state index contributed by atoms with van der Waals surface area (Å²) in [5, 5.41) is 2.71. The van der Waals surface area contributed by atoms with Gasteiger partial charge in [0, 0.05) is 11.8 Å². The van der Waals surface area contributed by atoms with Crippen molar-refractivity contribution in [3.05, 3.63) is 11.8 Å². The van der Waals surface area contributed by atoms with Gasteiger partial charge in [-0.1, -0.05) is 20.8 Å². The minimum absolute atomic E-state index is 0.000556. The topological polar surface area (TPSA) is 46.2 Å². The van der Waals surface area contributed by atoms with Crippen LogP contribution in [0.3, 0.4) is 0 Å². The Morgan fingerprint density at radius 3 is 2.50 bits per heavy atom. The second kappa shape index (κ2) is 4.81. The molecule has 0 radical (unpaired) electrons. The number of hydrogen-bond acceptors (Lipinski definition) is 2. The molecule has 1 rings (SSSR count). The molecule has 1 N–H and O–H groups in total. The van der Waals surface area contributed by atoms with Crippen molar-refractivity contribution in [2.75, 3.05) is 0 Å². The maximum atomic E-state index is 12.2. The summed E-state index contributed by atoms with van der Waals surface area (Å²) in [4.78, 5) is 24.1. The van der Waals surface area contributed by atoms with E-state index >= 15 is 0 Å². The molecule has 1 aliphatic heterocycles. The lowest BCUT2D eigenvalue weighted by atomic mass is 9.71. The molecule has 0 aromatic heterocycles. The first-order valence-corrected chi connectivity index (χ1v) is 5.96. The van der Waals surface area contributed by atoms with E-state index in [1.165, 1.54) is 6.20 Å². The van der Waals surface area contributed by atoms with Crippen LogP contribution in [-0.4, -0.2) is 11.7 Å². The largest absolute Gasteiger partial charge is 0.331 e. The number of ketones is 1. The van der Waals surface area contributed by atoms with E-state index in [2.05, 4.69) is 19.2 Å². The number of carbonyl (C=O) groups is 2. The Morgan fingerprint density at radius 1 is 1.38 bits per heavy atom. The van der Waals surface area contributed by atoms with Crippen LogP contribution >= 0.6 is 0 Å². The number of rotatable bonds is 4. The fourth-order valence-electron chi connectivity index (χ4n) is 2.12. The first-order chi connectivity index (χ1) is 7.44. The van der Waals surface area contributed by atoms with Gasteiger partial charge in [0.2, 0.25) is 5.91 Å². The average molecular weight is 223 g/mol. The average Bonchev–Trinajstić information content (AvgIpc) is 2.25. The monoisotopic (exact) mass is 223 g/mol. The third kappa shape index (κ3) is 2.18. The lowest BCUT2D eigenvalue weighted by Crippen LogP contribution is -2.48. The zero-order chi connectivity index (χ0) is 12.3. The molecule has 1 atom stereocenters. The van der Waals surface area contributed by atoms with E-state index in [9.17, 15) is 9.59 Å². The highest BCUT2D eigenvalue weighted by atomic mass is 16.2. The van der Waals surface area contributed by atoms with Gasteiger partial charge in [-0.15, -0.1) is 0 Å². The molecule has 1 aliphatic rings. The first kappa shape index (κ1) is 12.9. The van der Waals surface area contributed by atoms with Gasteiger partial charge in [-0.25, -0.2) is 0 Å². The van der Waals surface area contributed by atoms with Crippen LogP contribution in [-0.2, 0) is 9.59 Å². The van der Waals surface area contributed by atoms with Gasteiger partial charge < -0.3 is 5.32 Å². The third-order valence-electron chi connectivity index (χ3n) is 3.40.